The standard InChI is InChI=1S/C24H16Cl2F3N3O3S/c25-18-8-7-16(10-19(18)26)30-23-32-31-22(36-23)14-4-1-3-13(9-14)21-15(11-35-12-20(33)34)5-2-6-17(21)24(27,28)29/h1-10H,11-12H2,(H,30,32)(H,33,34). The van der Waals surface area contributed by atoms with Crippen molar-refractivity contribution in [2.75, 3.05) is 11.9 Å². The van der Waals surface area contributed by atoms with Crippen LogP contribution in [0, 0.1) is 0 Å². The Hall–Kier alpha value is -3.18. The van der Waals surface area contributed by atoms with Crippen LogP contribution in [0.5, 0.6) is 0 Å². The van der Waals surface area contributed by atoms with Gasteiger partial charge in [-0.3, -0.25) is 0 Å². The van der Waals surface area contributed by atoms with Crippen LogP contribution < -0.4 is 5.32 Å². The summed E-state index contributed by atoms with van der Waals surface area (Å²) in [5, 5.41) is 21.8. The number of aliphatic carboxylic acids is 1. The van der Waals surface area contributed by atoms with Crippen LogP contribution in [0.25, 0.3) is 21.7 Å². The second-order valence-electron chi connectivity index (χ2n) is 7.47. The number of ether oxygens (including phenoxy) is 1. The number of carbonyl (C=O) groups is 1. The summed E-state index contributed by atoms with van der Waals surface area (Å²) >= 11 is 13.2. The molecule has 0 bridgehead atoms. The topological polar surface area (TPSA) is 84.3 Å². The van der Waals surface area contributed by atoms with Crippen molar-refractivity contribution in [1.82, 2.24) is 10.2 Å². The second-order valence-corrected chi connectivity index (χ2v) is 9.26. The van der Waals surface area contributed by atoms with Crippen molar-refractivity contribution in [2.24, 2.45) is 0 Å². The molecule has 0 spiro atoms. The van der Waals surface area contributed by atoms with Crippen molar-refractivity contribution >= 4 is 51.3 Å². The summed E-state index contributed by atoms with van der Waals surface area (Å²) in [5.74, 6) is -1.22. The Morgan fingerprint density at radius 2 is 1.75 bits per heavy atom. The molecule has 0 saturated carbocycles. The van der Waals surface area contributed by atoms with Crippen LogP contribution in [0.1, 0.15) is 11.1 Å². The lowest BCUT2D eigenvalue weighted by Crippen LogP contribution is -2.11. The fourth-order valence-corrected chi connectivity index (χ4v) is 4.50. The molecule has 0 amide bonds. The van der Waals surface area contributed by atoms with Gasteiger partial charge in [0.1, 0.15) is 11.6 Å². The Morgan fingerprint density at radius 1 is 1.00 bits per heavy atom. The average Bonchev–Trinajstić information content (AvgIpc) is 3.29. The average molecular weight is 554 g/mol. The summed E-state index contributed by atoms with van der Waals surface area (Å²) in [5.41, 5.74) is 0.754. The van der Waals surface area contributed by atoms with Gasteiger partial charge in [0.15, 0.2) is 0 Å². The van der Waals surface area contributed by atoms with Crippen LogP contribution in [0.15, 0.2) is 60.7 Å². The van der Waals surface area contributed by atoms with Crippen LogP contribution in [-0.4, -0.2) is 27.9 Å². The molecule has 0 radical (unpaired) electrons. The number of halogens is 5. The van der Waals surface area contributed by atoms with E-state index in [0.29, 0.717) is 31.4 Å². The third-order valence-electron chi connectivity index (χ3n) is 4.93. The first kappa shape index (κ1) is 25.9. The Labute approximate surface area is 217 Å². The van der Waals surface area contributed by atoms with Gasteiger partial charge in [-0.25, -0.2) is 4.79 Å². The van der Waals surface area contributed by atoms with Crippen molar-refractivity contribution in [1.29, 1.82) is 0 Å². The van der Waals surface area contributed by atoms with Crippen molar-refractivity contribution in [2.45, 2.75) is 12.8 Å². The van der Waals surface area contributed by atoms with Gasteiger partial charge >= 0.3 is 12.1 Å². The Bertz CT molecular complexity index is 1410. The van der Waals surface area contributed by atoms with Crippen LogP contribution in [0.2, 0.25) is 10.0 Å². The van der Waals surface area contributed by atoms with Crippen LogP contribution in [-0.2, 0) is 22.3 Å². The first-order valence-corrected chi connectivity index (χ1v) is 11.8. The molecule has 0 fully saturated rings. The molecule has 0 aliphatic carbocycles. The molecule has 0 unspecified atom stereocenters. The number of hydrogen-bond donors (Lipinski definition) is 2. The third-order valence-corrected chi connectivity index (χ3v) is 6.56. The van der Waals surface area contributed by atoms with E-state index in [1.54, 1.807) is 42.5 Å². The number of benzene rings is 3. The van der Waals surface area contributed by atoms with Gasteiger partial charge in [0.05, 0.1) is 22.2 Å². The molecule has 186 valence electrons. The molecule has 0 atom stereocenters. The number of carboxylic acids is 1. The lowest BCUT2D eigenvalue weighted by atomic mass is 9.93. The highest BCUT2D eigenvalue weighted by atomic mass is 35.5. The lowest BCUT2D eigenvalue weighted by molar-refractivity contribution is -0.143. The van der Waals surface area contributed by atoms with Gasteiger partial charge in [-0.1, -0.05) is 64.9 Å². The molecule has 2 N–H and O–H groups in total. The van der Waals surface area contributed by atoms with E-state index in [0.717, 1.165) is 6.07 Å². The monoisotopic (exact) mass is 553 g/mol. The normalized spacial score (nSPS) is 11.5. The van der Waals surface area contributed by atoms with Gasteiger partial charge < -0.3 is 15.2 Å². The molecule has 6 nitrogen and oxygen atoms in total. The minimum absolute atomic E-state index is 0.0871. The molecule has 4 aromatic rings. The van der Waals surface area contributed by atoms with Crippen molar-refractivity contribution < 1.29 is 27.8 Å². The number of alkyl halides is 3. The Morgan fingerprint density at radius 3 is 2.47 bits per heavy atom. The molecule has 3 aromatic carbocycles. The third kappa shape index (κ3) is 6.14. The maximum atomic E-state index is 13.9. The van der Waals surface area contributed by atoms with E-state index in [-0.39, 0.29) is 23.3 Å². The summed E-state index contributed by atoms with van der Waals surface area (Å²) in [4.78, 5) is 10.8. The minimum Gasteiger partial charge on any atom is -0.480 e. The van der Waals surface area contributed by atoms with Crippen molar-refractivity contribution in [3.8, 4) is 21.7 Å². The molecular formula is C24H16Cl2F3N3O3S. The van der Waals surface area contributed by atoms with Gasteiger partial charge in [0.2, 0.25) is 5.13 Å². The highest BCUT2D eigenvalue weighted by Gasteiger charge is 2.34. The Kier molecular flexibility index (Phi) is 7.79. The SMILES string of the molecule is O=C(O)COCc1cccc(C(F)(F)F)c1-c1cccc(-c2nnc(Nc3ccc(Cl)c(Cl)c3)s2)c1. The summed E-state index contributed by atoms with van der Waals surface area (Å²) in [6.45, 7) is -0.929. The van der Waals surface area contributed by atoms with E-state index in [1.165, 1.54) is 23.5 Å². The lowest BCUT2D eigenvalue weighted by Gasteiger charge is -2.17. The molecule has 1 aromatic heterocycles. The predicted octanol–water partition coefficient (Wildman–Crippen LogP) is 7.54. The fourth-order valence-electron chi connectivity index (χ4n) is 3.44. The quantitative estimate of drug-likeness (QED) is 0.234. The molecule has 12 heteroatoms. The molecule has 1 heterocycles. The van der Waals surface area contributed by atoms with E-state index >= 15 is 0 Å². The first-order valence-electron chi connectivity index (χ1n) is 10.3. The molecule has 0 saturated heterocycles. The number of nitrogens with one attached hydrogen (secondary N) is 1. The van der Waals surface area contributed by atoms with Gasteiger partial charge in [-0.05, 0) is 47.0 Å². The second kappa shape index (κ2) is 10.8. The van der Waals surface area contributed by atoms with E-state index < -0.39 is 24.3 Å². The maximum Gasteiger partial charge on any atom is 0.417 e. The van der Waals surface area contributed by atoms with E-state index in [1.807, 2.05) is 0 Å². The van der Waals surface area contributed by atoms with E-state index in [4.69, 9.17) is 33.0 Å². The zero-order valence-electron chi connectivity index (χ0n) is 18.1. The number of hydrogen-bond acceptors (Lipinski definition) is 6. The van der Waals surface area contributed by atoms with E-state index in [2.05, 4.69) is 15.5 Å². The first-order chi connectivity index (χ1) is 17.1. The molecular weight excluding hydrogens is 538 g/mol. The van der Waals surface area contributed by atoms with Gasteiger partial charge in [0, 0.05) is 11.3 Å². The molecule has 4 rings (SSSR count). The minimum atomic E-state index is -4.63. The number of nitrogens with zero attached hydrogens (tertiary/aromatic N) is 2. The van der Waals surface area contributed by atoms with Gasteiger partial charge in [0.25, 0.3) is 0 Å². The highest BCUT2D eigenvalue weighted by molar-refractivity contribution is 7.18. The smallest absolute Gasteiger partial charge is 0.417 e. The molecule has 36 heavy (non-hydrogen) atoms. The summed E-state index contributed by atoms with van der Waals surface area (Å²) < 4.78 is 46.7. The molecule has 0 aliphatic heterocycles. The summed E-state index contributed by atoms with van der Waals surface area (Å²) in [7, 11) is 0. The number of rotatable bonds is 8. The van der Waals surface area contributed by atoms with Crippen LogP contribution >= 0.6 is 34.5 Å². The largest absolute Gasteiger partial charge is 0.480 e. The number of carboxylic acid groups (broad SMARTS) is 1. The predicted molar refractivity (Wildman–Crippen MR) is 133 cm³/mol. The highest BCUT2D eigenvalue weighted by Crippen LogP contribution is 2.41. The zero-order valence-corrected chi connectivity index (χ0v) is 20.5. The van der Waals surface area contributed by atoms with Gasteiger partial charge in [-0.15, -0.1) is 10.2 Å². The maximum absolute atomic E-state index is 13.9. The van der Waals surface area contributed by atoms with Crippen molar-refractivity contribution in [3.63, 3.8) is 0 Å². The fraction of sp³-hybridized carbons (Fsp3) is 0.125. The van der Waals surface area contributed by atoms with Gasteiger partial charge in [-0.2, -0.15) is 13.2 Å². The van der Waals surface area contributed by atoms with Crippen molar-refractivity contribution in [3.05, 3.63) is 81.8 Å². The Balaban J connectivity index is 1.67. The number of aromatic nitrogens is 2. The zero-order chi connectivity index (χ0) is 25.9. The summed E-state index contributed by atoms with van der Waals surface area (Å²) in [6.07, 6.45) is -4.63. The van der Waals surface area contributed by atoms with Crippen LogP contribution in [0.4, 0.5) is 24.0 Å². The van der Waals surface area contributed by atoms with E-state index in [9.17, 15) is 18.0 Å². The summed E-state index contributed by atoms with van der Waals surface area (Å²) in [6, 6.07) is 15.2. The number of anilines is 2. The van der Waals surface area contributed by atoms with Crippen LogP contribution in [0.3, 0.4) is 0 Å². The molecule has 0 aliphatic rings.